The number of piperazine rings is 1. The van der Waals surface area contributed by atoms with Gasteiger partial charge in [0.15, 0.2) is 11.5 Å². The van der Waals surface area contributed by atoms with E-state index < -0.39 is 20.0 Å². The number of ether oxygens (including phenoxy) is 2. The van der Waals surface area contributed by atoms with E-state index in [9.17, 15) is 16.8 Å². The molecule has 0 atom stereocenters. The number of nitrogens with zero attached hydrogens (tertiary/aromatic N) is 2. The van der Waals surface area contributed by atoms with Gasteiger partial charge in [-0.15, -0.1) is 0 Å². The predicted octanol–water partition coefficient (Wildman–Crippen LogP) is 1.76. The highest BCUT2D eigenvalue weighted by molar-refractivity contribution is 7.92. The molecule has 0 aliphatic carbocycles. The molecule has 1 saturated heterocycles. The van der Waals surface area contributed by atoms with Crippen molar-refractivity contribution in [3.8, 4) is 11.5 Å². The van der Waals surface area contributed by atoms with Gasteiger partial charge >= 0.3 is 0 Å². The minimum absolute atomic E-state index is 0.0786. The maximum Gasteiger partial charge on any atom is 0.243 e. The molecule has 2 aliphatic heterocycles. The summed E-state index contributed by atoms with van der Waals surface area (Å²) in [7, 11) is -7.39. The zero-order valence-corrected chi connectivity index (χ0v) is 17.8. The van der Waals surface area contributed by atoms with Crippen LogP contribution in [-0.2, 0) is 20.0 Å². The second-order valence-corrected chi connectivity index (χ2v) is 10.6. The summed E-state index contributed by atoms with van der Waals surface area (Å²) in [5, 5.41) is 1.16. The van der Waals surface area contributed by atoms with Crippen LogP contribution in [0.25, 0.3) is 6.08 Å². The SMILES string of the molecule is O=S(=O)(/C=C/c1ccccc1)N1CCN(S(=O)(=O)c2ccc3c(c2)OCCO3)CC1. The van der Waals surface area contributed by atoms with Gasteiger partial charge in [-0.2, -0.15) is 8.61 Å². The monoisotopic (exact) mass is 450 g/mol. The molecule has 0 aromatic heterocycles. The Balaban J connectivity index is 1.44. The Morgan fingerprint density at radius 1 is 0.767 bits per heavy atom. The van der Waals surface area contributed by atoms with E-state index in [0.29, 0.717) is 24.7 Å². The van der Waals surface area contributed by atoms with Crippen LogP contribution in [0.3, 0.4) is 0 Å². The number of fused-ring (bicyclic) bond motifs is 1. The lowest BCUT2D eigenvalue weighted by Crippen LogP contribution is -2.49. The average molecular weight is 451 g/mol. The Kier molecular flexibility index (Phi) is 5.83. The number of hydrogen-bond acceptors (Lipinski definition) is 6. The highest BCUT2D eigenvalue weighted by Gasteiger charge is 2.32. The lowest BCUT2D eigenvalue weighted by Gasteiger charge is -2.32. The number of hydrogen-bond donors (Lipinski definition) is 0. The fraction of sp³-hybridized carbons (Fsp3) is 0.300. The van der Waals surface area contributed by atoms with E-state index in [1.807, 2.05) is 30.3 Å². The van der Waals surface area contributed by atoms with Crippen LogP contribution in [0.15, 0.2) is 58.8 Å². The highest BCUT2D eigenvalue weighted by atomic mass is 32.2. The van der Waals surface area contributed by atoms with Gasteiger partial charge in [-0.3, -0.25) is 0 Å². The van der Waals surface area contributed by atoms with E-state index in [2.05, 4.69) is 0 Å². The molecule has 0 bridgehead atoms. The zero-order valence-electron chi connectivity index (χ0n) is 16.2. The molecule has 2 heterocycles. The van der Waals surface area contributed by atoms with E-state index in [1.165, 1.54) is 26.8 Å². The summed E-state index contributed by atoms with van der Waals surface area (Å²) < 4.78 is 64.6. The summed E-state index contributed by atoms with van der Waals surface area (Å²) >= 11 is 0. The van der Waals surface area contributed by atoms with Gasteiger partial charge < -0.3 is 9.47 Å². The maximum atomic E-state index is 13.0. The second-order valence-electron chi connectivity index (χ2n) is 6.87. The minimum atomic E-state index is -3.76. The van der Waals surface area contributed by atoms with Crippen molar-refractivity contribution in [2.45, 2.75) is 4.90 Å². The topological polar surface area (TPSA) is 93.2 Å². The molecule has 1 fully saturated rings. The van der Waals surface area contributed by atoms with Gasteiger partial charge in [-0.25, -0.2) is 16.8 Å². The quantitative estimate of drug-likeness (QED) is 0.689. The predicted molar refractivity (Wildman–Crippen MR) is 112 cm³/mol. The van der Waals surface area contributed by atoms with Crippen LogP contribution in [0, 0.1) is 0 Å². The summed E-state index contributed by atoms with van der Waals surface area (Å²) in [4.78, 5) is 0.104. The van der Waals surface area contributed by atoms with E-state index >= 15 is 0 Å². The molecule has 0 unspecified atom stereocenters. The van der Waals surface area contributed by atoms with Gasteiger partial charge in [0.25, 0.3) is 0 Å². The van der Waals surface area contributed by atoms with Crippen molar-refractivity contribution in [1.29, 1.82) is 0 Å². The fourth-order valence-corrected chi connectivity index (χ4v) is 5.92. The molecule has 30 heavy (non-hydrogen) atoms. The van der Waals surface area contributed by atoms with Crippen LogP contribution in [0.4, 0.5) is 0 Å². The molecular weight excluding hydrogens is 428 g/mol. The van der Waals surface area contributed by atoms with Crippen molar-refractivity contribution in [3.63, 3.8) is 0 Å². The molecule has 2 aromatic rings. The van der Waals surface area contributed by atoms with Crippen LogP contribution in [0.2, 0.25) is 0 Å². The Bertz CT molecular complexity index is 1140. The van der Waals surface area contributed by atoms with Gasteiger partial charge in [0.05, 0.1) is 4.90 Å². The standard InChI is InChI=1S/C20H22N2O6S2/c23-29(24,15-8-17-4-2-1-3-5-17)21-9-11-22(12-10-21)30(25,26)18-6-7-19-20(16-18)28-14-13-27-19/h1-8,15-16H,9-14H2/b15-8+. The van der Waals surface area contributed by atoms with Gasteiger partial charge in [-0.1, -0.05) is 30.3 Å². The highest BCUT2D eigenvalue weighted by Crippen LogP contribution is 2.33. The summed E-state index contributed by atoms with van der Waals surface area (Å²) in [6.45, 7) is 1.12. The third-order valence-electron chi connectivity index (χ3n) is 4.94. The smallest absolute Gasteiger partial charge is 0.243 e. The van der Waals surface area contributed by atoms with Crippen LogP contribution < -0.4 is 9.47 Å². The van der Waals surface area contributed by atoms with Crippen molar-refractivity contribution >= 4 is 26.1 Å². The van der Waals surface area contributed by atoms with E-state index in [0.717, 1.165) is 11.0 Å². The van der Waals surface area contributed by atoms with E-state index in [4.69, 9.17) is 9.47 Å². The molecule has 10 heteroatoms. The molecule has 4 rings (SSSR count). The number of sulfonamides is 2. The first-order valence-electron chi connectivity index (χ1n) is 9.49. The van der Waals surface area contributed by atoms with Crippen LogP contribution >= 0.6 is 0 Å². The van der Waals surface area contributed by atoms with Crippen LogP contribution in [0.1, 0.15) is 5.56 Å². The second kappa shape index (κ2) is 8.38. The minimum Gasteiger partial charge on any atom is -0.486 e. The molecule has 0 amide bonds. The molecule has 0 N–H and O–H groups in total. The van der Waals surface area contributed by atoms with Gasteiger partial charge in [0.1, 0.15) is 13.2 Å². The Morgan fingerprint density at radius 3 is 2.10 bits per heavy atom. The van der Waals surface area contributed by atoms with Crippen LogP contribution in [-0.4, -0.2) is 64.8 Å². The van der Waals surface area contributed by atoms with Crippen molar-refractivity contribution in [2.24, 2.45) is 0 Å². The molecule has 2 aromatic carbocycles. The lowest BCUT2D eigenvalue weighted by atomic mass is 10.2. The van der Waals surface area contributed by atoms with Crippen molar-refractivity contribution in [3.05, 3.63) is 59.5 Å². The van der Waals surface area contributed by atoms with Crippen molar-refractivity contribution < 1.29 is 26.3 Å². The van der Waals surface area contributed by atoms with E-state index in [1.54, 1.807) is 6.07 Å². The van der Waals surface area contributed by atoms with Gasteiger partial charge in [-0.05, 0) is 23.8 Å². The summed E-state index contributed by atoms with van der Waals surface area (Å²) in [5.41, 5.74) is 0.779. The summed E-state index contributed by atoms with van der Waals surface area (Å²) in [6.07, 6.45) is 1.54. The van der Waals surface area contributed by atoms with Gasteiger partial charge in [0.2, 0.25) is 20.0 Å². The molecule has 0 saturated carbocycles. The molecule has 160 valence electrons. The Hall–Kier alpha value is -2.40. The number of rotatable bonds is 5. The third-order valence-corrected chi connectivity index (χ3v) is 8.40. The summed E-state index contributed by atoms with van der Waals surface area (Å²) in [6, 6.07) is 13.6. The van der Waals surface area contributed by atoms with Crippen LogP contribution in [0.5, 0.6) is 11.5 Å². The Labute approximate surface area is 176 Å². The largest absolute Gasteiger partial charge is 0.486 e. The molecular formula is C20H22N2O6S2. The fourth-order valence-electron chi connectivity index (χ4n) is 3.31. The first-order chi connectivity index (χ1) is 14.4. The third kappa shape index (κ3) is 4.36. The molecule has 0 spiro atoms. The average Bonchev–Trinajstić information content (AvgIpc) is 2.78. The van der Waals surface area contributed by atoms with Crippen molar-refractivity contribution in [2.75, 3.05) is 39.4 Å². The van der Waals surface area contributed by atoms with E-state index in [-0.39, 0.29) is 31.1 Å². The number of benzene rings is 2. The molecule has 8 nitrogen and oxygen atoms in total. The lowest BCUT2D eigenvalue weighted by molar-refractivity contribution is 0.171. The Morgan fingerprint density at radius 2 is 1.40 bits per heavy atom. The first-order valence-corrected chi connectivity index (χ1v) is 12.4. The van der Waals surface area contributed by atoms with Crippen molar-refractivity contribution in [1.82, 2.24) is 8.61 Å². The zero-order chi connectivity index (χ0) is 21.2. The molecule has 0 radical (unpaired) electrons. The molecule has 2 aliphatic rings. The first kappa shape index (κ1) is 20.9. The summed E-state index contributed by atoms with van der Waals surface area (Å²) in [5.74, 6) is 0.913. The normalized spacial score (nSPS) is 18.5. The maximum absolute atomic E-state index is 13.0. The van der Waals surface area contributed by atoms with Gasteiger partial charge in [0, 0.05) is 37.7 Å².